The summed E-state index contributed by atoms with van der Waals surface area (Å²) in [5.41, 5.74) is 1.54. The van der Waals surface area contributed by atoms with Gasteiger partial charge in [-0.3, -0.25) is 10.1 Å². The fraction of sp³-hybridized carbons (Fsp3) is 0.211. The molecule has 10 heteroatoms. The predicted molar refractivity (Wildman–Crippen MR) is 106 cm³/mol. The summed E-state index contributed by atoms with van der Waals surface area (Å²) in [6, 6.07) is 13.3. The van der Waals surface area contributed by atoms with Crippen molar-refractivity contribution in [3.05, 3.63) is 54.1 Å². The molecule has 152 valence electrons. The molecule has 0 aliphatic heterocycles. The van der Waals surface area contributed by atoms with Crippen LogP contribution in [0.25, 0.3) is 11.5 Å². The molecule has 0 bridgehead atoms. The monoisotopic (exact) mass is 416 g/mol. The van der Waals surface area contributed by atoms with Gasteiger partial charge in [0.05, 0.1) is 4.90 Å². The maximum Gasteiger partial charge on any atom is 0.322 e. The number of sulfonamides is 1. The Hall–Kier alpha value is -3.24. The number of carbonyl (C=O) groups is 1. The van der Waals surface area contributed by atoms with Crippen molar-refractivity contribution in [2.45, 2.75) is 11.8 Å². The van der Waals surface area contributed by atoms with Crippen LogP contribution in [0, 0.1) is 6.92 Å². The number of aryl methyl sites for hydroxylation is 1. The molecule has 0 saturated heterocycles. The zero-order valence-electron chi connectivity index (χ0n) is 16.1. The second-order valence-electron chi connectivity index (χ2n) is 6.38. The molecule has 0 saturated carbocycles. The molecule has 9 nitrogen and oxygen atoms in total. The van der Waals surface area contributed by atoms with Crippen molar-refractivity contribution in [3.63, 3.8) is 0 Å². The van der Waals surface area contributed by atoms with Crippen LogP contribution in [0.15, 0.2) is 57.8 Å². The number of hydrogen-bond acceptors (Lipinski definition) is 7. The number of aromatic nitrogens is 2. The van der Waals surface area contributed by atoms with Gasteiger partial charge in [-0.2, -0.15) is 0 Å². The van der Waals surface area contributed by atoms with Crippen molar-refractivity contribution in [1.82, 2.24) is 14.5 Å². The average molecular weight is 416 g/mol. The summed E-state index contributed by atoms with van der Waals surface area (Å²) >= 11 is 0. The Morgan fingerprint density at radius 1 is 1.14 bits per heavy atom. The zero-order chi connectivity index (χ0) is 21.0. The standard InChI is InChI=1S/C19H20N4O5S/c1-13-5-4-6-15(11-13)27-12-17(24)20-19-22-21-18(28-19)14-7-9-16(10-8-14)29(25,26)23(2)3/h4-11H,12H2,1-3H3,(H,20,22,24). The second kappa shape index (κ2) is 8.41. The number of benzene rings is 2. The van der Waals surface area contributed by atoms with Gasteiger partial charge >= 0.3 is 6.01 Å². The van der Waals surface area contributed by atoms with E-state index in [9.17, 15) is 13.2 Å². The Bertz CT molecular complexity index is 1110. The van der Waals surface area contributed by atoms with Crippen molar-refractivity contribution >= 4 is 21.9 Å². The Morgan fingerprint density at radius 3 is 2.52 bits per heavy atom. The number of ether oxygens (including phenoxy) is 1. The summed E-state index contributed by atoms with van der Waals surface area (Å²) in [5, 5.41) is 10.1. The summed E-state index contributed by atoms with van der Waals surface area (Å²) in [6.07, 6.45) is 0. The first-order valence-corrected chi connectivity index (χ1v) is 10.1. The van der Waals surface area contributed by atoms with Gasteiger partial charge in [0.15, 0.2) is 6.61 Å². The molecule has 0 atom stereocenters. The third-order valence-corrected chi connectivity index (χ3v) is 5.74. The predicted octanol–water partition coefficient (Wildman–Crippen LogP) is 2.31. The topological polar surface area (TPSA) is 115 Å². The Balaban J connectivity index is 1.62. The van der Waals surface area contributed by atoms with Crippen LogP contribution in [0.3, 0.4) is 0 Å². The van der Waals surface area contributed by atoms with E-state index in [2.05, 4.69) is 15.5 Å². The average Bonchev–Trinajstić information content (AvgIpc) is 3.15. The molecule has 0 aliphatic carbocycles. The summed E-state index contributed by atoms with van der Waals surface area (Å²) in [6.45, 7) is 1.72. The molecule has 0 fully saturated rings. The van der Waals surface area contributed by atoms with Crippen LogP contribution >= 0.6 is 0 Å². The lowest BCUT2D eigenvalue weighted by molar-refractivity contribution is -0.118. The Kier molecular flexibility index (Phi) is 5.95. The molecule has 0 radical (unpaired) electrons. The molecule has 29 heavy (non-hydrogen) atoms. The maximum atomic E-state index is 12.1. The van der Waals surface area contributed by atoms with E-state index in [1.807, 2.05) is 25.1 Å². The van der Waals surface area contributed by atoms with Crippen LogP contribution in [0.4, 0.5) is 6.01 Å². The first-order chi connectivity index (χ1) is 13.8. The largest absolute Gasteiger partial charge is 0.484 e. The SMILES string of the molecule is Cc1cccc(OCC(=O)Nc2nnc(-c3ccc(S(=O)(=O)N(C)C)cc3)o2)c1. The molecule has 3 aromatic rings. The van der Waals surface area contributed by atoms with Crippen LogP contribution in [-0.2, 0) is 14.8 Å². The van der Waals surface area contributed by atoms with E-state index in [1.54, 1.807) is 18.2 Å². The fourth-order valence-electron chi connectivity index (χ4n) is 2.38. The highest BCUT2D eigenvalue weighted by Crippen LogP contribution is 2.22. The van der Waals surface area contributed by atoms with Crippen LogP contribution < -0.4 is 10.1 Å². The molecule has 1 N–H and O–H groups in total. The lowest BCUT2D eigenvalue weighted by atomic mass is 10.2. The van der Waals surface area contributed by atoms with Gasteiger partial charge in [0.2, 0.25) is 15.9 Å². The third-order valence-electron chi connectivity index (χ3n) is 3.91. The quantitative estimate of drug-likeness (QED) is 0.628. The molecule has 1 amide bonds. The van der Waals surface area contributed by atoms with E-state index in [4.69, 9.17) is 9.15 Å². The van der Waals surface area contributed by atoms with Gasteiger partial charge in [0.25, 0.3) is 5.91 Å². The molecule has 0 spiro atoms. The summed E-state index contributed by atoms with van der Waals surface area (Å²) in [4.78, 5) is 12.1. The minimum absolute atomic E-state index is 0.0807. The first-order valence-electron chi connectivity index (χ1n) is 8.61. The number of nitrogens with zero attached hydrogens (tertiary/aromatic N) is 3. The number of rotatable bonds is 7. The summed E-state index contributed by atoms with van der Waals surface area (Å²) in [5.74, 6) is 0.280. The normalized spacial score (nSPS) is 11.4. The third kappa shape index (κ3) is 4.98. The summed E-state index contributed by atoms with van der Waals surface area (Å²) < 4.78 is 36.2. The van der Waals surface area contributed by atoms with Crippen molar-refractivity contribution in [2.24, 2.45) is 0 Å². The van der Waals surface area contributed by atoms with Gasteiger partial charge < -0.3 is 9.15 Å². The maximum absolute atomic E-state index is 12.1. The van der Waals surface area contributed by atoms with Crippen molar-refractivity contribution in [1.29, 1.82) is 0 Å². The highest BCUT2D eigenvalue weighted by atomic mass is 32.2. The van der Waals surface area contributed by atoms with E-state index in [-0.39, 0.29) is 23.4 Å². The van der Waals surface area contributed by atoms with Gasteiger partial charge in [-0.15, -0.1) is 5.10 Å². The number of carbonyl (C=O) groups excluding carboxylic acids is 1. The van der Waals surface area contributed by atoms with E-state index >= 15 is 0 Å². The van der Waals surface area contributed by atoms with E-state index in [1.165, 1.54) is 26.2 Å². The minimum Gasteiger partial charge on any atom is -0.484 e. The van der Waals surface area contributed by atoms with Gasteiger partial charge in [0.1, 0.15) is 5.75 Å². The number of nitrogens with one attached hydrogen (secondary N) is 1. The van der Waals surface area contributed by atoms with E-state index in [0.717, 1.165) is 9.87 Å². The van der Waals surface area contributed by atoms with Crippen LogP contribution in [0.1, 0.15) is 5.56 Å². The van der Waals surface area contributed by atoms with E-state index in [0.29, 0.717) is 11.3 Å². The molecular formula is C19H20N4O5S. The molecule has 1 aromatic heterocycles. The fourth-order valence-corrected chi connectivity index (χ4v) is 3.28. The van der Waals surface area contributed by atoms with Crippen molar-refractivity contribution in [2.75, 3.05) is 26.0 Å². The summed E-state index contributed by atoms with van der Waals surface area (Å²) in [7, 11) is -0.608. The second-order valence-corrected chi connectivity index (χ2v) is 8.53. The highest BCUT2D eigenvalue weighted by molar-refractivity contribution is 7.89. The highest BCUT2D eigenvalue weighted by Gasteiger charge is 2.18. The number of hydrogen-bond donors (Lipinski definition) is 1. The van der Waals surface area contributed by atoms with Gasteiger partial charge in [-0.05, 0) is 48.9 Å². The van der Waals surface area contributed by atoms with Gasteiger partial charge in [-0.25, -0.2) is 12.7 Å². The molecule has 3 rings (SSSR count). The number of amides is 1. The molecule has 2 aromatic carbocycles. The molecule has 0 aliphatic rings. The van der Waals surface area contributed by atoms with E-state index < -0.39 is 15.9 Å². The molecule has 0 unspecified atom stereocenters. The zero-order valence-corrected chi connectivity index (χ0v) is 16.9. The first kappa shape index (κ1) is 20.5. The molecular weight excluding hydrogens is 396 g/mol. The lowest BCUT2D eigenvalue weighted by Crippen LogP contribution is -2.22. The minimum atomic E-state index is -3.52. The number of anilines is 1. The van der Waals surface area contributed by atoms with Crippen LogP contribution in [0.2, 0.25) is 0 Å². The smallest absolute Gasteiger partial charge is 0.322 e. The van der Waals surface area contributed by atoms with Crippen molar-refractivity contribution in [3.8, 4) is 17.2 Å². The Morgan fingerprint density at radius 2 is 1.86 bits per heavy atom. The van der Waals surface area contributed by atoms with Crippen LogP contribution in [-0.4, -0.2) is 49.5 Å². The van der Waals surface area contributed by atoms with Crippen LogP contribution in [0.5, 0.6) is 5.75 Å². The Labute approximate surface area is 168 Å². The van der Waals surface area contributed by atoms with Crippen molar-refractivity contribution < 1.29 is 22.4 Å². The molecule has 1 heterocycles. The van der Waals surface area contributed by atoms with Gasteiger partial charge in [0, 0.05) is 19.7 Å². The lowest BCUT2D eigenvalue weighted by Gasteiger charge is -2.11. The van der Waals surface area contributed by atoms with Gasteiger partial charge in [-0.1, -0.05) is 17.2 Å².